The van der Waals surface area contributed by atoms with Crippen LogP contribution >= 0.6 is 15.9 Å². The molecule has 0 atom stereocenters. The van der Waals surface area contributed by atoms with Crippen LogP contribution in [0.3, 0.4) is 0 Å². The number of carbonyl (C=O) groups excluding carboxylic acids is 1. The minimum Gasteiger partial charge on any atom is -0.308 e. The van der Waals surface area contributed by atoms with E-state index in [1.807, 2.05) is 60.1 Å². The summed E-state index contributed by atoms with van der Waals surface area (Å²) in [5.41, 5.74) is 4.45. The predicted octanol–water partition coefficient (Wildman–Crippen LogP) is 4.21. The molecule has 1 aliphatic heterocycles. The maximum absolute atomic E-state index is 13.4. The van der Waals surface area contributed by atoms with Gasteiger partial charge >= 0.3 is 0 Å². The van der Waals surface area contributed by atoms with Crippen molar-refractivity contribution in [3.63, 3.8) is 0 Å². The second kappa shape index (κ2) is 6.60. The summed E-state index contributed by atoms with van der Waals surface area (Å²) < 4.78 is 4.96. The molecule has 140 valence electrons. The number of rotatable bonds is 3. The van der Waals surface area contributed by atoms with E-state index in [0.29, 0.717) is 24.5 Å². The molecule has 28 heavy (non-hydrogen) atoms. The van der Waals surface area contributed by atoms with Gasteiger partial charge in [-0.05, 0) is 42.8 Å². The highest BCUT2D eigenvalue weighted by atomic mass is 79.9. The highest BCUT2D eigenvalue weighted by Gasteiger charge is 2.31. The molecule has 0 unspecified atom stereocenters. The van der Waals surface area contributed by atoms with Crippen LogP contribution < -0.4 is 4.90 Å². The summed E-state index contributed by atoms with van der Waals surface area (Å²) in [4.78, 5) is 19.8. The normalized spacial score (nSPS) is 13.3. The van der Waals surface area contributed by atoms with Crippen molar-refractivity contribution >= 4 is 38.8 Å². The molecule has 2 aromatic heterocycles. The molecule has 3 heterocycles. The Labute approximate surface area is 170 Å². The SMILES string of the molecule is CCc1c(C(=O)N2CCn3c2nc2ccccc23)cnn1-c1ccc(Br)cc1. The number of hydrogen-bond acceptors (Lipinski definition) is 3. The molecule has 0 saturated carbocycles. The lowest BCUT2D eigenvalue weighted by Gasteiger charge is -2.14. The average molecular weight is 436 g/mol. The number of anilines is 1. The molecule has 5 rings (SSSR count). The summed E-state index contributed by atoms with van der Waals surface area (Å²) in [6, 6.07) is 15.9. The summed E-state index contributed by atoms with van der Waals surface area (Å²) >= 11 is 3.46. The molecule has 0 saturated heterocycles. The van der Waals surface area contributed by atoms with Crippen LogP contribution in [0.2, 0.25) is 0 Å². The van der Waals surface area contributed by atoms with Gasteiger partial charge in [0.05, 0.1) is 34.2 Å². The molecular weight excluding hydrogens is 418 g/mol. The number of hydrogen-bond donors (Lipinski definition) is 0. The number of benzene rings is 2. The lowest BCUT2D eigenvalue weighted by atomic mass is 10.1. The zero-order valence-electron chi connectivity index (χ0n) is 15.3. The van der Waals surface area contributed by atoms with Crippen molar-refractivity contribution in [3.8, 4) is 5.69 Å². The number of amides is 1. The molecule has 0 spiro atoms. The molecule has 2 aromatic carbocycles. The van der Waals surface area contributed by atoms with Crippen LogP contribution in [0.5, 0.6) is 0 Å². The van der Waals surface area contributed by atoms with Gasteiger partial charge in [0.25, 0.3) is 5.91 Å². The zero-order valence-corrected chi connectivity index (χ0v) is 16.9. The molecule has 0 aliphatic carbocycles. The topological polar surface area (TPSA) is 56.0 Å². The smallest absolute Gasteiger partial charge is 0.264 e. The first kappa shape index (κ1) is 17.2. The summed E-state index contributed by atoms with van der Waals surface area (Å²) in [5.74, 6) is 0.666. The Kier molecular flexibility index (Phi) is 4.05. The maximum atomic E-state index is 13.4. The lowest BCUT2D eigenvalue weighted by molar-refractivity contribution is 0.0988. The van der Waals surface area contributed by atoms with Gasteiger partial charge in [0, 0.05) is 17.6 Å². The van der Waals surface area contributed by atoms with Crippen LogP contribution in [-0.4, -0.2) is 31.8 Å². The number of fused-ring (bicyclic) bond motifs is 3. The summed E-state index contributed by atoms with van der Waals surface area (Å²) in [6.45, 7) is 3.42. The van der Waals surface area contributed by atoms with Crippen LogP contribution in [0, 0.1) is 0 Å². The summed E-state index contributed by atoms with van der Waals surface area (Å²) in [7, 11) is 0. The Balaban J connectivity index is 1.54. The molecule has 1 aliphatic rings. The second-order valence-corrected chi connectivity index (χ2v) is 7.67. The van der Waals surface area contributed by atoms with Gasteiger partial charge in [-0.2, -0.15) is 5.10 Å². The van der Waals surface area contributed by atoms with E-state index in [-0.39, 0.29) is 5.91 Å². The molecule has 0 fully saturated rings. The lowest BCUT2D eigenvalue weighted by Crippen LogP contribution is -2.30. The number of carbonyl (C=O) groups is 1. The Morgan fingerprint density at radius 3 is 2.68 bits per heavy atom. The predicted molar refractivity (Wildman–Crippen MR) is 112 cm³/mol. The van der Waals surface area contributed by atoms with E-state index in [1.165, 1.54) is 0 Å². The molecule has 0 N–H and O–H groups in total. The summed E-state index contributed by atoms with van der Waals surface area (Å²) in [5, 5.41) is 4.50. The van der Waals surface area contributed by atoms with Crippen molar-refractivity contribution < 1.29 is 4.79 Å². The average Bonchev–Trinajstić information content (AvgIpc) is 3.41. The van der Waals surface area contributed by atoms with Crippen molar-refractivity contribution in [2.75, 3.05) is 11.4 Å². The zero-order chi connectivity index (χ0) is 19.3. The van der Waals surface area contributed by atoms with Crippen LogP contribution in [0.4, 0.5) is 5.95 Å². The summed E-state index contributed by atoms with van der Waals surface area (Å²) in [6.07, 6.45) is 2.38. The Morgan fingerprint density at radius 2 is 1.89 bits per heavy atom. The van der Waals surface area contributed by atoms with Crippen molar-refractivity contribution in [1.29, 1.82) is 0 Å². The molecule has 1 amide bonds. The fraction of sp³-hybridized carbons (Fsp3) is 0.190. The van der Waals surface area contributed by atoms with Gasteiger partial charge in [0.2, 0.25) is 5.95 Å². The van der Waals surface area contributed by atoms with Crippen LogP contribution in [0.25, 0.3) is 16.7 Å². The van der Waals surface area contributed by atoms with Gasteiger partial charge in [0.1, 0.15) is 0 Å². The van der Waals surface area contributed by atoms with Gasteiger partial charge in [-0.25, -0.2) is 9.67 Å². The van der Waals surface area contributed by atoms with Gasteiger partial charge in [-0.1, -0.05) is 35.0 Å². The Bertz CT molecular complexity index is 1190. The van der Waals surface area contributed by atoms with Crippen molar-refractivity contribution in [2.45, 2.75) is 19.9 Å². The van der Waals surface area contributed by atoms with Crippen LogP contribution in [0.15, 0.2) is 59.2 Å². The quantitative estimate of drug-likeness (QED) is 0.484. The van der Waals surface area contributed by atoms with E-state index in [9.17, 15) is 4.79 Å². The number of aromatic nitrogens is 4. The minimum atomic E-state index is -0.0470. The monoisotopic (exact) mass is 435 g/mol. The Hall–Kier alpha value is -2.93. The second-order valence-electron chi connectivity index (χ2n) is 6.76. The number of halogens is 1. The minimum absolute atomic E-state index is 0.0470. The third-order valence-electron chi connectivity index (χ3n) is 5.17. The van der Waals surface area contributed by atoms with Crippen LogP contribution in [0.1, 0.15) is 23.0 Å². The standard InChI is InChI=1S/C21H18BrN5O/c1-2-18-16(13-23-27(18)15-9-7-14(22)8-10-15)20(28)26-12-11-25-19-6-4-3-5-17(19)24-21(25)26/h3-10,13H,2,11-12H2,1H3. The van der Waals surface area contributed by atoms with Crippen molar-refractivity contribution in [3.05, 3.63) is 70.5 Å². The van der Waals surface area contributed by atoms with E-state index < -0.39 is 0 Å². The third-order valence-corrected chi connectivity index (χ3v) is 5.70. The molecule has 4 aromatic rings. The van der Waals surface area contributed by atoms with E-state index in [4.69, 9.17) is 0 Å². The number of imidazole rings is 1. The van der Waals surface area contributed by atoms with Gasteiger partial charge in [0.15, 0.2) is 0 Å². The van der Waals surface area contributed by atoms with Crippen molar-refractivity contribution in [2.24, 2.45) is 0 Å². The van der Waals surface area contributed by atoms with Crippen molar-refractivity contribution in [1.82, 2.24) is 19.3 Å². The molecule has 0 radical (unpaired) electrons. The molecular formula is C21H18BrN5O. The maximum Gasteiger partial charge on any atom is 0.264 e. The number of para-hydroxylation sites is 2. The van der Waals surface area contributed by atoms with Gasteiger partial charge < -0.3 is 4.57 Å². The number of nitrogens with zero attached hydrogens (tertiary/aromatic N) is 5. The molecule has 0 bridgehead atoms. The fourth-order valence-corrected chi connectivity index (χ4v) is 4.09. The highest BCUT2D eigenvalue weighted by molar-refractivity contribution is 9.10. The first-order valence-corrected chi connectivity index (χ1v) is 10.1. The van der Waals surface area contributed by atoms with E-state index >= 15 is 0 Å². The molecule has 6 nitrogen and oxygen atoms in total. The van der Waals surface area contributed by atoms with Gasteiger partial charge in [-0.3, -0.25) is 9.69 Å². The van der Waals surface area contributed by atoms with Crippen LogP contribution in [-0.2, 0) is 13.0 Å². The highest BCUT2D eigenvalue weighted by Crippen LogP contribution is 2.29. The first-order valence-electron chi connectivity index (χ1n) is 9.27. The molecule has 7 heteroatoms. The largest absolute Gasteiger partial charge is 0.308 e. The van der Waals surface area contributed by atoms with E-state index in [1.54, 1.807) is 11.1 Å². The fourth-order valence-electron chi connectivity index (χ4n) is 3.82. The van der Waals surface area contributed by atoms with E-state index in [0.717, 1.165) is 33.4 Å². The van der Waals surface area contributed by atoms with E-state index in [2.05, 4.69) is 30.6 Å². The first-order chi connectivity index (χ1) is 13.7. The third kappa shape index (κ3) is 2.57. The Morgan fingerprint density at radius 1 is 1.11 bits per heavy atom. The van der Waals surface area contributed by atoms with Gasteiger partial charge in [-0.15, -0.1) is 0 Å².